The maximum Gasteiger partial charge on any atom is 0.0991 e. The molecule has 0 aromatic heterocycles. The van der Waals surface area contributed by atoms with Gasteiger partial charge in [0.05, 0.1) is 11.6 Å². The zero-order valence-corrected chi connectivity index (χ0v) is 10.7. The summed E-state index contributed by atoms with van der Waals surface area (Å²) < 4.78 is 0. The van der Waals surface area contributed by atoms with E-state index in [2.05, 4.69) is 43.4 Å². The van der Waals surface area contributed by atoms with Gasteiger partial charge in [0.25, 0.3) is 0 Å². The third-order valence-electron chi connectivity index (χ3n) is 2.93. The molecule has 0 heterocycles. The summed E-state index contributed by atoms with van der Waals surface area (Å²) in [5.74, 6) is 0. The lowest BCUT2D eigenvalue weighted by molar-refractivity contribution is 1.13. The number of rotatable bonds is 3. The van der Waals surface area contributed by atoms with Crippen LogP contribution in [0.3, 0.4) is 0 Å². The molecule has 0 unspecified atom stereocenters. The highest BCUT2D eigenvalue weighted by Gasteiger charge is 1.99. The van der Waals surface area contributed by atoms with E-state index in [4.69, 9.17) is 5.26 Å². The van der Waals surface area contributed by atoms with Gasteiger partial charge in [-0.05, 0) is 48.7 Å². The average molecular weight is 236 g/mol. The van der Waals surface area contributed by atoms with Crippen molar-refractivity contribution in [1.29, 1.82) is 5.26 Å². The summed E-state index contributed by atoms with van der Waals surface area (Å²) in [5.41, 5.74) is 5.45. The first-order valence-corrected chi connectivity index (χ1v) is 5.99. The van der Waals surface area contributed by atoms with E-state index < -0.39 is 0 Å². The van der Waals surface area contributed by atoms with Crippen LogP contribution in [0, 0.1) is 25.2 Å². The van der Waals surface area contributed by atoms with E-state index in [1.165, 1.54) is 11.1 Å². The molecule has 90 valence electrons. The van der Waals surface area contributed by atoms with Gasteiger partial charge in [-0.2, -0.15) is 5.26 Å². The monoisotopic (exact) mass is 236 g/mol. The van der Waals surface area contributed by atoms with E-state index in [9.17, 15) is 0 Å². The van der Waals surface area contributed by atoms with E-state index in [-0.39, 0.29) is 0 Å². The molecule has 0 saturated heterocycles. The maximum atomic E-state index is 8.86. The molecule has 18 heavy (non-hydrogen) atoms. The zero-order valence-electron chi connectivity index (χ0n) is 10.7. The smallest absolute Gasteiger partial charge is 0.0991 e. The molecular weight excluding hydrogens is 220 g/mol. The van der Waals surface area contributed by atoms with Crippen LogP contribution in [0.2, 0.25) is 0 Å². The molecule has 2 nitrogen and oxygen atoms in total. The van der Waals surface area contributed by atoms with Crippen molar-refractivity contribution >= 4 is 5.69 Å². The highest BCUT2D eigenvalue weighted by molar-refractivity contribution is 5.52. The lowest BCUT2D eigenvalue weighted by atomic mass is 10.1. The standard InChI is InChI=1S/C16H16N2/c1-12-6-7-13(2)16(8-12)18-11-15-5-3-4-14(9-15)10-17/h3-9,18H,11H2,1-2H3. The Bertz CT molecular complexity index is 594. The van der Waals surface area contributed by atoms with Crippen LogP contribution < -0.4 is 5.32 Å². The molecule has 0 aliphatic carbocycles. The van der Waals surface area contributed by atoms with Gasteiger partial charge in [0.1, 0.15) is 0 Å². The number of hydrogen-bond donors (Lipinski definition) is 1. The van der Waals surface area contributed by atoms with Gasteiger partial charge < -0.3 is 5.32 Å². The summed E-state index contributed by atoms with van der Waals surface area (Å²) >= 11 is 0. The molecule has 2 rings (SSSR count). The highest BCUT2D eigenvalue weighted by atomic mass is 14.9. The third kappa shape index (κ3) is 2.89. The third-order valence-corrected chi connectivity index (χ3v) is 2.93. The molecule has 2 heteroatoms. The minimum atomic E-state index is 0.704. The minimum Gasteiger partial charge on any atom is -0.381 e. The lowest BCUT2D eigenvalue weighted by Crippen LogP contribution is -2.01. The normalized spacial score (nSPS) is 9.83. The van der Waals surface area contributed by atoms with Crippen LogP contribution in [0.5, 0.6) is 0 Å². The van der Waals surface area contributed by atoms with Gasteiger partial charge in [-0.3, -0.25) is 0 Å². The van der Waals surface area contributed by atoms with Crippen molar-refractivity contribution in [2.75, 3.05) is 5.32 Å². The Morgan fingerprint density at radius 3 is 2.72 bits per heavy atom. The fourth-order valence-electron chi connectivity index (χ4n) is 1.87. The largest absolute Gasteiger partial charge is 0.381 e. The Morgan fingerprint density at radius 1 is 1.11 bits per heavy atom. The Morgan fingerprint density at radius 2 is 1.94 bits per heavy atom. The number of benzene rings is 2. The molecule has 2 aromatic rings. The molecule has 0 radical (unpaired) electrons. The molecule has 0 bridgehead atoms. The lowest BCUT2D eigenvalue weighted by Gasteiger charge is -2.10. The summed E-state index contributed by atoms with van der Waals surface area (Å²) in [4.78, 5) is 0. The molecule has 0 spiro atoms. The van der Waals surface area contributed by atoms with Gasteiger partial charge in [-0.1, -0.05) is 24.3 Å². The molecule has 0 amide bonds. The van der Waals surface area contributed by atoms with E-state index >= 15 is 0 Å². The van der Waals surface area contributed by atoms with E-state index in [1.807, 2.05) is 24.3 Å². The molecular formula is C16H16N2. The van der Waals surface area contributed by atoms with Crippen LogP contribution in [-0.2, 0) is 6.54 Å². The van der Waals surface area contributed by atoms with Gasteiger partial charge in [-0.15, -0.1) is 0 Å². The van der Waals surface area contributed by atoms with Crippen molar-refractivity contribution in [2.45, 2.75) is 20.4 Å². The Balaban J connectivity index is 2.11. The van der Waals surface area contributed by atoms with Crippen molar-refractivity contribution in [2.24, 2.45) is 0 Å². The second-order valence-electron chi connectivity index (χ2n) is 4.48. The molecule has 0 atom stereocenters. The van der Waals surface area contributed by atoms with Gasteiger partial charge >= 0.3 is 0 Å². The molecule has 0 aliphatic heterocycles. The second kappa shape index (κ2) is 5.37. The first-order chi connectivity index (χ1) is 8.69. The molecule has 0 aliphatic rings. The Labute approximate surface area is 108 Å². The number of nitriles is 1. The number of anilines is 1. The van der Waals surface area contributed by atoms with Crippen LogP contribution in [0.25, 0.3) is 0 Å². The predicted octanol–water partition coefficient (Wildman–Crippen LogP) is 3.79. The van der Waals surface area contributed by atoms with E-state index in [0.29, 0.717) is 5.56 Å². The van der Waals surface area contributed by atoms with Crippen LogP contribution in [0.4, 0.5) is 5.69 Å². The molecule has 2 aromatic carbocycles. The second-order valence-corrected chi connectivity index (χ2v) is 4.48. The van der Waals surface area contributed by atoms with Crippen LogP contribution in [0.1, 0.15) is 22.3 Å². The van der Waals surface area contributed by atoms with Crippen molar-refractivity contribution in [3.05, 3.63) is 64.7 Å². The predicted molar refractivity (Wildman–Crippen MR) is 74.4 cm³/mol. The first kappa shape index (κ1) is 12.2. The average Bonchev–Trinajstić information content (AvgIpc) is 2.40. The summed E-state index contributed by atoms with van der Waals surface area (Å²) in [7, 11) is 0. The topological polar surface area (TPSA) is 35.8 Å². The van der Waals surface area contributed by atoms with E-state index in [1.54, 1.807) is 0 Å². The fourth-order valence-corrected chi connectivity index (χ4v) is 1.87. The van der Waals surface area contributed by atoms with Gasteiger partial charge in [-0.25, -0.2) is 0 Å². The van der Waals surface area contributed by atoms with Crippen LogP contribution in [-0.4, -0.2) is 0 Å². The number of aryl methyl sites for hydroxylation is 2. The molecule has 1 N–H and O–H groups in total. The Hall–Kier alpha value is -2.27. The van der Waals surface area contributed by atoms with Gasteiger partial charge in [0.2, 0.25) is 0 Å². The number of nitrogens with zero attached hydrogens (tertiary/aromatic N) is 1. The SMILES string of the molecule is Cc1ccc(C)c(NCc2cccc(C#N)c2)c1. The van der Waals surface area contributed by atoms with Gasteiger partial charge in [0.15, 0.2) is 0 Å². The summed E-state index contributed by atoms with van der Waals surface area (Å²) in [6.45, 7) is 4.91. The minimum absolute atomic E-state index is 0.704. The number of hydrogen-bond acceptors (Lipinski definition) is 2. The van der Waals surface area contributed by atoms with Crippen molar-refractivity contribution in [3.63, 3.8) is 0 Å². The highest BCUT2D eigenvalue weighted by Crippen LogP contribution is 2.17. The van der Waals surface area contributed by atoms with Crippen LogP contribution >= 0.6 is 0 Å². The van der Waals surface area contributed by atoms with Crippen molar-refractivity contribution in [3.8, 4) is 6.07 Å². The Kier molecular flexibility index (Phi) is 3.64. The van der Waals surface area contributed by atoms with Crippen molar-refractivity contribution in [1.82, 2.24) is 0 Å². The number of nitrogens with one attached hydrogen (secondary N) is 1. The maximum absolute atomic E-state index is 8.86. The van der Waals surface area contributed by atoms with Gasteiger partial charge in [0, 0.05) is 12.2 Å². The molecule has 0 fully saturated rings. The quantitative estimate of drug-likeness (QED) is 0.880. The zero-order chi connectivity index (χ0) is 13.0. The summed E-state index contributed by atoms with van der Waals surface area (Å²) in [6.07, 6.45) is 0. The fraction of sp³-hybridized carbons (Fsp3) is 0.188. The van der Waals surface area contributed by atoms with Crippen molar-refractivity contribution < 1.29 is 0 Å². The van der Waals surface area contributed by atoms with Crippen LogP contribution in [0.15, 0.2) is 42.5 Å². The van der Waals surface area contributed by atoms with E-state index in [0.717, 1.165) is 17.8 Å². The first-order valence-electron chi connectivity index (χ1n) is 5.99. The summed E-state index contributed by atoms with van der Waals surface area (Å²) in [6, 6.07) is 16.2. The molecule has 0 saturated carbocycles. The summed E-state index contributed by atoms with van der Waals surface area (Å²) in [5, 5.41) is 12.3.